The van der Waals surface area contributed by atoms with E-state index in [0.717, 1.165) is 4.90 Å². The van der Waals surface area contributed by atoms with Gasteiger partial charge in [-0.3, -0.25) is 19.3 Å². The zero-order chi connectivity index (χ0) is 17.4. The molecule has 8 nitrogen and oxygen atoms in total. The Morgan fingerprint density at radius 1 is 1.17 bits per heavy atom. The fourth-order valence-corrected chi connectivity index (χ4v) is 2.91. The van der Waals surface area contributed by atoms with E-state index in [-0.39, 0.29) is 24.2 Å². The average Bonchev–Trinajstić information content (AvgIpc) is 2.79. The second-order valence-electron chi connectivity index (χ2n) is 5.81. The lowest BCUT2D eigenvalue weighted by atomic mass is 10.1. The van der Waals surface area contributed by atoms with Gasteiger partial charge in [0, 0.05) is 6.54 Å². The summed E-state index contributed by atoms with van der Waals surface area (Å²) >= 11 is 0. The third-order valence-electron chi connectivity index (χ3n) is 4.06. The van der Waals surface area contributed by atoms with Crippen molar-refractivity contribution in [2.45, 2.75) is 19.1 Å². The highest BCUT2D eigenvalue weighted by Gasteiger charge is 2.39. The SMILES string of the molecule is C[C@@H]1CN(C(=O)CN2C(=O)c3ccccc3C2=O)CC(C(=O)O)O1. The maximum Gasteiger partial charge on any atom is 0.334 e. The Kier molecular flexibility index (Phi) is 4.06. The number of morpholine rings is 1. The van der Waals surface area contributed by atoms with Gasteiger partial charge in [-0.2, -0.15) is 0 Å². The molecule has 1 unspecified atom stereocenters. The van der Waals surface area contributed by atoms with E-state index in [1.165, 1.54) is 17.0 Å². The number of ether oxygens (including phenoxy) is 1. The Hall–Kier alpha value is -2.74. The summed E-state index contributed by atoms with van der Waals surface area (Å²) in [7, 11) is 0. The molecular weight excluding hydrogens is 316 g/mol. The van der Waals surface area contributed by atoms with Gasteiger partial charge in [0.15, 0.2) is 6.10 Å². The topological polar surface area (TPSA) is 104 Å². The summed E-state index contributed by atoms with van der Waals surface area (Å²) in [4.78, 5) is 50.3. The molecule has 1 fully saturated rings. The highest BCUT2D eigenvalue weighted by atomic mass is 16.5. The van der Waals surface area contributed by atoms with Crippen molar-refractivity contribution in [1.82, 2.24) is 9.80 Å². The van der Waals surface area contributed by atoms with Gasteiger partial charge in [0.05, 0.1) is 23.8 Å². The Labute approximate surface area is 137 Å². The van der Waals surface area contributed by atoms with Gasteiger partial charge in [-0.1, -0.05) is 12.1 Å². The molecule has 0 aliphatic carbocycles. The van der Waals surface area contributed by atoms with E-state index >= 15 is 0 Å². The summed E-state index contributed by atoms with van der Waals surface area (Å²) < 4.78 is 5.25. The summed E-state index contributed by atoms with van der Waals surface area (Å²) in [5.74, 6) is -2.66. The number of carboxylic acids is 1. The van der Waals surface area contributed by atoms with Crippen LogP contribution >= 0.6 is 0 Å². The van der Waals surface area contributed by atoms with Crippen molar-refractivity contribution in [3.8, 4) is 0 Å². The number of amides is 3. The smallest absolute Gasteiger partial charge is 0.334 e. The first-order chi connectivity index (χ1) is 11.4. The molecular formula is C16H16N2O6. The molecule has 0 spiro atoms. The first-order valence-corrected chi connectivity index (χ1v) is 7.49. The minimum atomic E-state index is -1.15. The predicted molar refractivity (Wildman–Crippen MR) is 80.4 cm³/mol. The molecule has 2 aliphatic rings. The van der Waals surface area contributed by atoms with Crippen LogP contribution in [0.15, 0.2) is 24.3 Å². The number of carbonyl (C=O) groups excluding carboxylic acids is 3. The molecule has 1 aromatic carbocycles. The fourth-order valence-electron chi connectivity index (χ4n) is 2.91. The summed E-state index contributed by atoms with van der Waals surface area (Å²) in [5, 5.41) is 9.06. The molecule has 126 valence electrons. The predicted octanol–water partition coefficient (Wildman–Crippen LogP) is -0.0169. The van der Waals surface area contributed by atoms with Gasteiger partial charge in [0.25, 0.3) is 11.8 Å². The number of nitrogens with zero attached hydrogens (tertiary/aromatic N) is 2. The van der Waals surface area contributed by atoms with E-state index in [1.807, 2.05) is 0 Å². The van der Waals surface area contributed by atoms with Crippen molar-refractivity contribution in [3.63, 3.8) is 0 Å². The average molecular weight is 332 g/mol. The maximum absolute atomic E-state index is 12.4. The number of fused-ring (bicyclic) bond motifs is 1. The summed E-state index contributed by atoms with van der Waals surface area (Å²) in [5.41, 5.74) is 0.545. The van der Waals surface area contributed by atoms with Crippen LogP contribution in [0.25, 0.3) is 0 Å². The first-order valence-electron chi connectivity index (χ1n) is 7.49. The Morgan fingerprint density at radius 2 is 1.75 bits per heavy atom. The number of imide groups is 1. The van der Waals surface area contributed by atoms with Crippen LogP contribution in [0, 0.1) is 0 Å². The monoisotopic (exact) mass is 332 g/mol. The minimum Gasteiger partial charge on any atom is -0.479 e. The quantitative estimate of drug-likeness (QED) is 0.780. The lowest BCUT2D eigenvalue weighted by Gasteiger charge is -2.35. The number of benzene rings is 1. The van der Waals surface area contributed by atoms with Crippen molar-refractivity contribution >= 4 is 23.7 Å². The van der Waals surface area contributed by atoms with E-state index in [4.69, 9.17) is 9.84 Å². The van der Waals surface area contributed by atoms with Crippen LogP contribution in [0.2, 0.25) is 0 Å². The van der Waals surface area contributed by atoms with Crippen LogP contribution in [0.3, 0.4) is 0 Å². The number of rotatable bonds is 3. The number of hydrogen-bond donors (Lipinski definition) is 1. The van der Waals surface area contributed by atoms with E-state index in [2.05, 4.69) is 0 Å². The van der Waals surface area contributed by atoms with Gasteiger partial charge in [-0.05, 0) is 19.1 Å². The summed E-state index contributed by atoms with van der Waals surface area (Å²) in [6, 6.07) is 6.38. The van der Waals surface area contributed by atoms with Crippen LogP contribution in [-0.2, 0) is 14.3 Å². The van der Waals surface area contributed by atoms with Gasteiger partial charge >= 0.3 is 5.97 Å². The molecule has 0 aromatic heterocycles. The van der Waals surface area contributed by atoms with Gasteiger partial charge in [0.1, 0.15) is 6.54 Å². The van der Waals surface area contributed by atoms with Crippen LogP contribution in [0.4, 0.5) is 0 Å². The first kappa shape index (κ1) is 16.1. The number of carbonyl (C=O) groups is 4. The van der Waals surface area contributed by atoms with E-state index in [0.29, 0.717) is 0 Å². The van der Waals surface area contributed by atoms with E-state index < -0.39 is 42.4 Å². The Morgan fingerprint density at radius 3 is 2.29 bits per heavy atom. The van der Waals surface area contributed by atoms with Gasteiger partial charge < -0.3 is 14.7 Å². The lowest BCUT2D eigenvalue weighted by molar-refractivity contribution is -0.166. The molecule has 0 bridgehead atoms. The largest absolute Gasteiger partial charge is 0.479 e. The molecule has 2 atom stereocenters. The molecule has 1 N–H and O–H groups in total. The van der Waals surface area contributed by atoms with Gasteiger partial charge in [0.2, 0.25) is 5.91 Å². The van der Waals surface area contributed by atoms with Crippen molar-refractivity contribution in [2.75, 3.05) is 19.6 Å². The molecule has 0 saturated carbocycles. The second-order valence-corrected chi connectivity index (χ2v) is 5.81. The number of carboxylic acid groups (broad SMARTS) is 1. The van der Waals surface area contributed by atoms with Crippen molar-refractivity contribution in [1.29, 1.82) is 0 Å². The fraction of sp³-hybridized carbons (Fsp3) is 0.375. The maximum atomic E-state index is 12.4. The van der Waals surface area contributed by atoms with Crippen LogP contribution in [0.5, 0.6) is 0 Å². The zero-order valence-electron chi connectivity index (χ0n) is 13.0. The molecule has 3 amide bonds. The zero-order valence-corrected chi connectivity index (χ0v) is 13.0. The number of aliphatic carboxylic acids is 1. The van der Waals surface area contributed by atoms with E-state index in [1.54, 1.807) is 19.1 Å². The minimum absolute atomic E-state index is 0.109. The third-order valence-corrected chi connectivity index (χ3v) is 4.06. The van der Waals surface area contributed by atoms with E-state index in [9.17, 15) is 19.2 Å². The van der Waals surface area contributed by atoms with Gasteiger partial charge in [-0.15, -0.1) is 0 Å². The van der Waals surface area contributed by atoms with Crippen LogP contribution in [0.1, 0.15) is 27.6 Å². The molecule has 1 saturated heterocycles. The molecule has 1 aromatic rings. The highest BCUT2D eigenvalue weighted by Crippen LogP contribution is 2.22. The summed E-state index contributed by atoms with van der Waals surface area (Å²) in [6.07, 6.45) is -1.55. The Balaban J connectivity index is 1.73. The van der Waals surface area contributed by atoms with Crippen molar-refractivity contribution in [2.24, 2.45) is 0 Å². The van der Waals surface area contributed by atoms with Gasteiger partial charge in [-0.25, -0.2) is 4.79 Å². The third kappa shape index (κ3) is 2.76. The number of hydrogen-bond acceptors (Lipinski definition) is 5. The lowest BCUT2D eigenvalue weighted by Crippen LogP contribution is -2.54. The molecule has 2 heterocycles. The molecule has 2 aliphatic heterocycles. The molecule has 0 radical (unpaired) electrons. The molecule has 3 rings (SSSR count). The molecule has 8 heteroatoms. The normalized spacial score (nSPS) is 23.4. The van der Waals surface area contributed by atoms with Crippen LogP contribution in [-0.4, -0.2) is 70.4 Å². The van der Waals surface area contributed by atoms with Crippen molar-refractivity contribution < 1.29 is 29.0 Å². The van der Waals surface area contributed by atoms with Crippen molar-refractivity contribution in [3.05, 3.63) is 35.4 Å². The van der Waals surface area contributed by atoms with Crippen LogP contribution < -0.4 is 0 Å². The summed E-state index contributed by atoms with van der Waals surface area (Å²) in [6.45, 7) is 1.36. The standard InChI is InChI=1S/C16H16N2O6/c1-9-6-17(7-12(24-9)16(22)23)13(19)8-18-14(20)10-4-2-3-5-11(10)15(18)21/h2-5,9,12H,6-8H2,1H3,(H,22,23)/t9-,12?/m1/s1. The highest BCUT2D eigenvalue weighted by molar-refractivity contribution is 6.22. The second kappa shape index (κ2) is 6.04. The molecule has 24 heavy (non-hydrogen) atoms. The Bertz CT molecular complexity index is 696.